The molecule has 6 aliphatic heterocycles. The standard InChI is InChI=1S/C50H63N9O10.C28H38FN3O6/c1-6-36-47(64)58-23-11-14-38(58)48(65)56(5)39(28-32-16-19-35(20-17-32)55(3)4)49(66)59-30-33(29-57-24-26-68-27-25-57)18-21-37(59)44(61)54-42(34-12-8-7-9-13-34)50(67)69-31(2)41(45(62)52-36)53-46(63)43-40(60)15-10-22-51-43;1-17(2)26-19(4)9-10-24(34)30-11-5-7-18(3)13-21(33)14-20(29)15-25-31-22(16-37-25)27(35)32-12-6-8-23(32)28(36)38-26/h7-10,12-13,15-20,22,31,36-39,41-42,60H,6,11,14,21,23-30H2,1-5H3,(H,52,62)(H,53,63)(H,54,61);5,7,9-10,13,16-17,19-21,23,26,33H,6,8,11-12,14-15H2,1-4H3,(H,30,34)/b;7-5-,10-9+,18-13+/t31-,36-,37+,38+,39+,41+,42+;19-,20-,21-,23-,26-/m11/s1. The molecule has 4 aromatic rings. The highest BCUT2D eigenvalue weighted by atomic mass is 19.1. The van der Waals surface area contributed by atoms with E-state index in [4.69, 9.17) is 18.6 Å². The molecule has 0 unspecified atom stereocenters. The molecule has 6 aliphatic rings. The van der Waals surface area contributed by atoms with Crippen molar-refractivity contribution in [2.24, 2.45) is 11.8 Å². The number of benzene rings is 2. The third-order valence-electron chi connectivity index (χ3n) is 20.0. The van der Waals surface area contributed by atoms with Crippen molar-refractivity contribution in [2.45, 2.75) is 166 Å². The fraction of sp³-hybridized carbons (Fsp3) is 0.513. The second-order valence-electron chi connectivity index (χ2n) is 28.5. The number of allylic oxidation sites excluding steroid dienone is 2. The Morgan fingerprint density at radius 2 is 1.52 bits per heavy atom. The number of esters is 2. The molecular weight excluding hydrogens is 1380 g/mol. The molecule has 8 heterocycles. The van der Waals surface area contributed by atoms with Gasteiger partial charge in [0.15, 0.2) is 23.3 Å². The Kier molecular flexibility index (Phi) is 28.7. The molecule has 576 valence electrons. The Bertz CT molecular complexity index is 3930. The zero-order valence-corrected chi connectivity index (χ0v) is 62.3. The van der Waals surface area contributed by atoms with Gasteiger partial charge in [-0.25, -0.2) is 23.9 Å². The topological polar surface area (TPSA) is 345 Å². The SMILES string of the molecule is CC1=C\[C@@H](O)C[C@@H](F)Cc2nc(co2)C(=O)N2CCC[C@@H]2C(=O)O[C@H](C(C)C)[C@H](C)/C=C/C(=O)NC/C=C\1.CC[C@H]1NC(=O)[C@@H](NC(=O)c2ncccc2O)[C@@H](C)OC(=O)[C@H](c2ccccc2)NC(=O)[C@@H]2CC=C(CN3CCOCC3)CN2C(=O)[C@H](Cc2ccc(N(C)C)cc2)N(C)C(=O)[C@@H]2CCCN2C1=O. The van der Waals surface area contributed by atoms with Gasteiger partial charge in [0, 0.05) is 97.6 Å². The Morgan fingerprint density at radius 1 is 0.813 bits per heavy atom. The maximum absolute atomic E-state index is 15.5. The van der Waals surface area contributed by atoms with Crippen LogP contribution in [0.4, 0.5) is 10.1 Å². The number of hydrogen-bond donors (Lipinski definition) is 6. The number of fused-ring (bicyclic) bond motifs is 5. The van der Waals surface area contributed by atoms with Gasteiger partial charge in [-0.15, -0.1) is 0 Å². The van der Waals surface area contributed by atoms with Gasteiger partial charge >= 0.3 is 11.9 Å². The van der Waals surface area contributed by atoms with Crippen LogP contribution < -0.4 is 26.2 Å². The number of ether oxygens (including phenoxy) is 3. The summed E-state index contributed by atoms with van der Waals surface area (Å²) in [5, 5.41) is 31.6. The summed E-state index contributed by atoms with van der Waals surface area (Å²) in [5.41, 5.74) is 3.22. The maximum Gasteiger partial charge on any atom is 0.333 e. The van der Waals surface area contributed by atoms with Crippen LogP contribution in [0.2, 0.25) is 0 Å². The number of carbonyl (C=O) groups is 10. The zero-order valence-electron chi connectivity index (χ0n) is 62.3. The van der Waals surface area contributed by atoms with E-state index in [1.54, 1.807) is 69.5 Å². The number of anilines is 1. The van der Waals surface area contributed by atoms with E-state index in [0.717, 1.165) is 16.8 Å². The van der Waals surface area contributed by atoms with Crippen LogP contribution in [0, 0.1) is 11.8 Å². The van der Waals surface area contributed by atoms with Crippen molar-refractivity contribution in [1.82, 2.24) is 55.7 Å². The first kappa shape index (κ1) is 81.0. The van der Waals surface area contributed by atoms with Crippen molar-refractivity contribution >= 4 is 64.9 Å². The number of cyclic esters (lactones) is 2. The molecule has 4 saturated heterocycles. The summed E-state index contributed by atoms with van der Waals surface area (Å²) in [5.74, 6) is -7.05. The van der Waals surface area contributed by atoms with Crippen molar-refractivity contribution < 1.29 is 81.2 Å². The number of likely N-dealkylation sites (N-methyl/N-ethyl adjacent to an activating group) is 1. The van der Waals surface area contributed by atoms with Crippen LogP contribution in [-0.4, -0.2) is 245 Å². The molecule has 12 atom stereocenters. The number of oxazole rings is 1. The first-order valence-corrected chi connectivity index (χ1v) is 36.7. The molecule has 6 N–H and O–H groups in total. The molecule has 0 radical (unpaired) electrons. The van der Waals surface area contributed by atoms with Gasteiger partial charge in [0.25, 0.3) is 11.8 Å². The van der Waals surface area contributed by atoms with Gasteiger partial charge in [-0.2, -0.15) is 0 Å². The molecule has 29 heteroatoms. The lowest BCUT2D eigenvalue weighted by atomic mass is 9.94. The normalized spacial score (nSPS) is 27.9. The lowest BCUT2D eigenvalue weighted by molar-refractivity contribution is -0.158. The zero-order chi connectivity index (χ0) is 77.2. The van der Waals surface area contributed by atoms with Crippen LogP contribution in [0.15, 0.2) is 131 Å². The average Bonchev–Trinajstić information content (AvgIpc) is 1.67. The molecule has 0 spiro atoms. The predicted octanol–water partition coefficient (Wildman–Crippen LogP) is 4.87. The number of aliphatic hydroxyl groups is 1. The van der Waals surface area contributed by atoms with Gasteiger partial charge in [0.2, 0.25) is 35.4 Å². The minimum atomic E-state index is -1.66. The molecule has 28 nitrogen and oxygen atoms in total. The van der Waals surface area contributed by atoms with E-state index < -0.39 is 132 Å². The van der Waals surface area contributed by atoms with Crippen LogP contribution in [0.3, 0.4) is 0 Å². The number of pyridine rings is 1. The Balaban J connectivity index is 0.000000294. The summed E-state index contributed by atoms with van der Waals surface area (Å²) in [6, 6.07) is 10.2. The third-order valence-corrected chi connectivity index (χ3v) is 20.0. The minimum Gasteiger partial charge on any atom is -0.505 e. The quantitative estimate of drug-likeness (QED) is 0.0910. The minimum absolute atomic E-state index is 0.00515. The number of alkyl halides is 1. The smallest absolute Gasteiger partial charge is 0.333 e. The van der Waals surface area contributed by atoms with E-state index in [0.29, 0.717) is 76.2 Å². The van der Waals surface area contributed by atoms with E-state index >= 15 is 4.79 Å². The average molecular weight is 1480 g/mol. The predicted molar refractivity (Wildman–Crippen MR) is 392 cm³/mol. The number of aromatic nitrogens is 2. The second kappa shape index (κ2) is 37.9. The van der Waals surface area contributed by atoms with Crippen molar-refractivity contribution in [3.05, 3.63) is 155 Å². The summed E-state index contributed by atoms with van der Waals surface area (Å²) in [4.78, 5) is 159. The van der Waals surface area contributed by atoms with E-state index in [9.17, 15) is 57.8 Å². The third kappa shape index (κ3) is 21.4. The van der Waals surface area contributed by atoms with Gasteiger partial charge in [-0.1, -0.05) is 106 Å². The van der Waals surface area contributed by atoms with Gasteiger partial charge in [0.05, 0.1) is 25.7 Å². The number of hydrogen-bond acceptors (Lipinski definition) is 20. The van der Waals surface area contributed by atoms with Crippen molar-refractivity contribution in [3.63, 3.8) is 0 Å². The largest absolute Gasteiger partial charge is 0.505 e. The van der Waals surface area contributed by atoms with Crippen molar-refractivity contribution in [1.29, 1.82) is 0 Å². The first-order chi connectivity index (χ1) is 51.2. The molecule has 4 fully saturated rings. The van der Waals surface area contributed by atoms with Crippen LogP contribution in [0.1, 0.15) is 131 Å². The van der Waals surface area contributed by atoms with Gasteiger partial charge < -0.3 is 74.6 Å². The molecule has 8 amide bonds. The molecule has 0 aliphatic carbocycles. The molecular formula is C78H101FN12O16. The Hall–Kier alpha value is -10.1. The van der Waals surface area contributed by atoms with Gasteiger partial charge in [-0.3, -0.25) is 43.3 Å². The van der Waals surface area contributed by atoms with Gasteiger partial charge in [0.1, 0.15) is 66.6 Å². The molecule has 107 heavy (non-hydrogen) atoms. The second-order valence-corrected chi connectivity index (χ2v) is 28.5. The first-order valence-electron chi connectivity index (χ1n) is 36.7. The number of rotatable bonds is 10. The highest BCUT2D eigenvalue weighted by Crippen LogP contribution is 2.30. The number of carbonyl (C=O) groups excluding carboxylic acids is 10. The summed E-state index contributed by atoms with van der Waals surface area (Å²) in [6.07, 6.45) is 9.80. The number of aromatic hydroxyl groups is 1. The number of amides is 8. The lowest BCUT2D eigenvalue weighted by Crippen LogP contribution is -2.61. The fourth-order valence-corrected chi connectivity index (χ4v) is 14.1. The molecule has 0 saturated carbocycles. The fourth-order valence-electron chi connectivity index (χ4n) is 14.1. The summed E-state index contributed by atoms with van der Waals surface area (Å²) in [7, 11) is 5.38. The lowest BCUT2D eigenvalue weighted by Gasteiger charge is -2.41. The number of nitrogens with one attached hydrogen (secondary N) is 4. The molecule has 2 bridgehead atoms. The Morgan fingerprint density at radius 3 is 2.21 bits per heavy atom. The molecule has 10 rings (SSSR count). The van der Waals surface area contributed by atoms with Crippen LogP contribution in [-0.2, 0) is 65.4 Å². The highest BCUT2D eigenvalue weighted by Gasteiger charge is 2.46. The number of nitrogens with zero attached hydrogens (tertiary/aromatic N) is 8. The van der Waals surface area contributed by atoms with Crippen molar-refractivity contribution in [3.8, 4) is 5.75 Å². The highest BCUT2D eigenvalue weighted by molar-refractivity contribution is 6.01. The van der Waals surface area contributed by atoms with Gasteiger partial charge in [-0.05, 0) is 105 Å². The van der Waals surface area contributed by atoms with Crippen molar-refractivity contribution in [2.75, 3.05) is 85.1 Å². The van der Waals surface area contributed by atoms with E-state index in [-0.39, 0.29) is 81.1 Å². The summed E-state index contributed by atoms with van der Waals surface area (Å²) < 4.78 is 37.4. The monoisotopic (exact) mass is 1480 g/mol. The number of halogens is 1. The van der Waals surface area contributed by atoms with E-state index in [2.05, 4.69) is 36.1 Å². The summed E-state index contributed by atoms with van der Waals surface area (Å²) >= 11 is 0. The summed E-state index contributed by atoms with van der Waals surface area (Å²) in [6.45, 7) is 14.4. The van der Waals surface area contributed by atoms with Crippen LogP contribution in [0.5, 0.6) is 5.75 Å². The van der Waals surface area contributed by atoms with Crippen LogP contribution in [0.25, 0.3) is 0 Å². The number of morpholine rings is 1. The molecule has 2 aromatic carbocycles. The Labute approximate surface area is 623 Å². The molecule has 2 aromatic heterocycles. The van der Waals surface area contributed by atoms with E-state index in [1.165, 1.54) is 63.3 Å². The maximum atomic E-state index is 15.5. The van der Waals surface area contributed by atoms with Crippen LogP contribution >= 0.6 is 0 Å². The number of aliphatic hydroxyl groups excluding tert-OH is 1. The van der Waals surface area contributed by atoms with E-state index in [1.807, 2.05) is 70.1 Å².